The zero-order chi connectivity index (χ0) is 6.41. The van der Waals surface area contributed by atoms with Gasteiger partial charge in [-0.2, -0.15) is 0 Å². The summed E-state index contributed by atoms with van der Waals surface area (Å²) in [6.07, 6.45) is 1.41. The Balaban J connectivity index is 3.57. The molecule has 0 aromatic heterocycles. The van der Waals surface area contributed by atoms with E-state index in [1.807, 2.05) is 0 Å². The molecule has 0 atom stereocenters. The molecular weight excluding hydrogens is 104 g/mol. The Hall–Kier alpha value is -0.700. The first-order valence-corrected chi connectivity index (χ1v) is 2.36. The fraction of sp³-hybridized carbons (Fsp3) is 0.600. The smallest absolute Gasteiger partial charge is 0.109 e. The van der Waals surface area contributed by atoms with Crippen molar-refractivity contribution in [2.75, 3.05) is 13.7 Å². The normalized spacial score (nSPS) is 13.1. The van der Waals surface area contributed by atoms with Crippen LogP contribution in [-0.2, 0) is 0 Å². The number of aliphatic hydroxyl groups is 1. The highest BCUT2D eigenvalue weighted by molar-refractivity contribution is 5.89. The van der Waals surface area contributed by atoms with Crippen LogP contribution in [-0.4, -0.2) is 30.8 Å². The summed E-state index contributed by atoms with van der Waals surface area (Å²) < 4.78 is 0. The van der Waals surface area contributed by atoms with Crippen LogP contribution in [0.5, 0.6) is 0 Å². The Kier molecular flexibility index (Phi) is 4.07. The van der Waals surface area contributed by atoms with E-state index in [9.17, 15) is 0 Å². The molecule has 8 heavy (non-hydrogen) atoms. The summed E-state index contributed by atoms with van der Waals surface area (Å²) in [5.41, 5.74) is 0.676. The van der Waals surface area contributed by atoms with Gasteiger partial charge in [-0.25, -0.2) is 4.99 Å². The summed E-state index contributed by atoms with van der Waals surface area (Å²) in [6.45, 7) is 1.74. The Morgan fingerprint density at radius 2 is 2.38 bits per heavy atom. The van der Waals surface area contributed by atoms with Gasteiger partial charge >= 0.3 is 0 Å². The summed E-state index contributed by atoms with van der Waals surface area (Å²) in [7, 11) is 1.63. The fourth-order valence-electron chi connectivity index (χ4n) is 0.197. The van der Waals surface area contributed by atoms with Crippen molar-refractivity contribution in [1.82, 2.24) is 0 Å². The molecule has 0 spiro atoms. The molecule has 0 saturated carbocycles. The first kappa shape index (κ1) is 7.30. The lowest BCUT2D eigenvalue weighted by Crippen LogP contribution is -1.96. The lowest BCUT2D eigenvalue weighted by molar-refractivity contribution is 0.357. The standard InChI is InChI=1S/C5H10N2O/c1-5(3-8)7-4-6-2/h4,8H,3H2,1-2H3. The van der Waals surface area contributed by atoms with E-state index in [2.05, 4.69) is 9.98 Å². The van der Waals surface area contributed by atoms with E-state index in [4.69, 9.17) is 5.11 Å². The Labute approximate surface area is 48.8 Å². The van der Waals surface area contributed by atoms with Crippen LogP contribution in [0, 0.1) is 0 Å². The molecule has 0 fully saturated rings. The summed E-state index contributed by atoms with van der Waals surface area (Å²) >= 11 is 0. The third-order valence-electron chi connectivity index (χ3n) is 0.622. The van der Waals surface area contributed by atoms with Crippen LogP contribution in [0.2, 0.25) is 0 Å². The molecule has 0 aliphatic heterocycles. The predicted molar refractivity (Wildman–Crippen MR) is 34.6 cm³/mol. The van der Waals surface area contributed by atoms with Crippen molar-refractivity contribution in [3.8, 4) is 0 Å². The highest BCUT2D eigenvalue weighted by Gasteiger charge is 1.79. The maximum absolute atomic E-state index is 8.37. The first-order valence-electron chi connectivity index (χ1n) is 2.36. The third kappa shape index (κ3) is 3.49. The molecule has 0 heterocycles. The number of rotatable bonds is 2. The van der Waals surface area contributed by atoms with E-state index < -0.39 is 0 Å². The van der Waals surface area contributed by atoms with Crippen molar-refractivity contribution < 1.29 is 5.11 Å². The molecule has 0 bridgehead atoms. The van der Waals surface area contributed by atoms with Gasteiger partial charge in [0.15, 0.2) is 0 Å². The van der Waals surface area contributed by atoms with Crippen LogP contribution >= 0.6 is 0 Å². The maximum Gasteiger partial charge on any atom is 0.109 e. The van der Waals surface area contributed by atoms with Gasteiger partial charge < -0.3 is 5.11 Å². The van der Waals surface area contributed by atoms with Crippen LogP contribution < -0.4 is 0 Å². The molecule has 46 valence electrons. The number of nitrogens with zero attached hydrogens (tertiary/aromatic N) is 2. The minimum absolute atomic E-state index is 0.00597. The molecular formula is C5H10N2O. The van der Waals surface area contributed by atoms with Crippen molar-refractivity contribution in [2.24, 2.45) is 9.98 Å². The van der Waals surface area contributed by atoms with Crippen LogP contribution in [0.25, 0.3) is 0 Å². The molecule has 0 rings (SSSR count). The van der Waals surface area contributed by atoms with Crippen molar-refractivity contribution in [3.05, 3.63) is 0 Å². The second-order valence-electron chi connectivity index (χ2n) is 1.40. The van der Waals surface area contributed by atoms with Crippen molar-refractivity contribution in [1.29, 1.82) is 0 Å². The Bertz CT molecular complexity index is 107. The van der Waals surface area contributed by atoms with Gasteiger partial charge in [-0.15, -0.1) is 0 Å². The molecule has 0 aliphatic carbocycles. The average Bonchev–Trinajstić information content (AvgIpc) is 1.83. The molecule has 3 heteroatoms. The van der Waals surface area contributed by atoms with Gasteiger partial charge in [0.2, 0.25) is 0 Å². The van der Waals surface area contributed by atoms with Crippen LogP contribution in [0.1, 0.15) is 6.92 Å². The minimum atomic E-state index is 0.00597. The van der Waals surface area contributed by atoms with Gasteiger partial charge in [-0.05, 0) is 6.92 Å². The molecule has 0 radical (unpaired) electrons. The number of aliphatic hydroxyl groups excluding tert-OH is 1. The number of hydrogen-bond donors (Lipinski definition) is 1. The van der Waals surface area contributed by atoms with Gasteiger partial charge in [0.1, 0.15) is 6.34 Å². The van der Waals surface area contributed by atoms with E-state index in [1.165, 1.54) is 6.34 Å². The quantitative estimate of drug-likeness (QED) is 0.401. The summed E-state index contributed by atoms with van der Waals surface area (Å²) in [5, 5.41) is 8.37. The molecule has 0 aromatic rings. The number of aliphatic imine (C=N–C) groups is 2. The topological polar surface area (TPSA) is 45.0 Å². The Morgan fingerprint density at radius 1 is 1.75 bits per heavy atom. The van der Waals surface area contributed by atoms with Crippen molar-refractivity contribution in [3.63, 3.8) is 0 Å². The number of hydrogen-bond acceptors (Lipinski definition) is 2. The SMILES string of the molecule is CN=CN=C(C)CO. The minimum Gasteiger partial charge on any atom is -0.390 e. The van der Waals surface area contributed by atoms with Crippen LogP contribution in [0.4, 0.5) is 0 Å². The largest absolute Gasteiger partial charge is 0.390 e. The maximum atomic E-state index is 8.37. The zero-order valence-electron chi connectivity index (χ0n) is 5.13. The highest BCUT2D eigenvalue weighted by atomic mass is 16.3. The van der Waals surface area contributed by atoms with Gasteiger partial charge in [0, 0.05) is 12.8 Å². The molecule has 0 aromatic carbocycles. The van der Waals surface area contributed by atoms with E-state index in [0.717, 1.165) is 0 Å². The molecule has 0 saturated heterocycles. The fourth-order valence-corrected chi connectivity index (χ4v) is 0.197. The van der Waals surface area contributed by atoms with E-state index in [1.54, 1.807) is 14.0 Å². The molecule has 1 N–H and O–H groups in total. The van der Waals surface area contributed by atoms with Gasteiger partial charge in [-0.1, -0.05) is 0 Å². The summed E-state index contributed by atoms with van der Waals surface area (Å²) in [6, 6.07) is 0. The first-order chi connectivity index (χ1) is 3.81. The summed E-state index contributed by atoms with van der Waals surface area (Å²) in [4.78, 5) is 7.34. The van der Waals surface area contributed by atoms with E-state index >= 15 is 0 Å². The zero-order valence-corrected chi connectivity index (χ0v) is 5.13. The molecule has 3 nitrogen and oxygen atoms in total. The van der Waals surface area contributed by atoms with Crippen LogP contribution in [0.3, 0.4) is 0 Å². The lowest BCUT2D eigenvalue weighted by atomic mass is 10.5. The molecule has 0 amide bonds. The second kappa shape index (κ2) is 4.46. The average molecular weight is 114 g/mol. The van der Waals surface area contributed by atoms with Crippen molar-refractivity contribution in [2.45, 2.75) is 6.92 Å². The monoisotopic (exact) mass is 114 g/mol. The lowest BCUT2D eigenvalue weighted by Gasteiger charge is -1.85. The predicted octanol–water partition coefficient (Wildman–Crippen LogP) is 0.0977. The molecule has 0 unspecified atom stereocenters. The summed E-state index contributed by atoms with van der Waals surface area (Å²) in [5.74, 6) is 0. The molecule has 0 aliphatic rings. The van der Waals surface area contributed by atoms with Gasteiger partial charge in [-0.3, -0.25) is 4.99 Å². The van der Waals surface area contributed by atoms with Gasteiger partial charge in [0.05, 0.1) is 6.61 Å². The third-order valence-corrected chi connectivity index (χ3v) is 0.622. The Morgan fingerprint density at radius 3 is 2.75 bits per heavy atom. The second-order valence-corrected chi connectivity index (χ2v) is 1.40. The van der Waals surface area contributed by atoms with E-state index in [-0.39, 0.29) is 6.61 Å². The van der Waals surface area contributed by atoms with Crippen molar-refractivity contribution >= 4 is 12.1 Å². The van der Waals surface area contributed by atoms with Crippen LogP contribution in [0.15, 0.2) is 9.98 Å². The van der Waals surface area contributed by atoms with E-state index in [0.29, 0.717) is 5.71 Å². The highest BCUT2D eigenvalue weighted by Crippen LogP contribution is 1.70. The van der Waals surface area contributed by atoms with Gasteiger partial charge in [0.25, 0.3) is 0 Å².